The Labute approximate surface area is 105 Å². The van der Waals surface area contributed by atoms with Crippen LogP contribution in [0.1, 0.15) is 25.6 Å². The van der Waals surface area contributed by atoms with E-state index in [9.17, 15) is 4.79 Å². The van der Waals surface area contributed by atoms with Crippen molar-refractivity contribution in [3.63, 3.8) is 0 Å². The summed E-state index contributed by atoms with van der Waals surface area (Å²) in [5, 5.41) is 6.02. The fourth-order valence-corrected chi connectivity index (χ4v) is 2.38. The first-order valence-electron chi connectivity index (χ1n) is 5.23. The topological polar surface area (TPSA) is 41.1 Å². The third-order valence-electron chi connectivity index (χ3n) is 2.24. The third-order valence-corrected chi connectivity index (χ3v) is 3.47. The van der Waals surface area contributed by atoms with Crippen molar-refractivity contribution in [1.82, 2.24) is 10.6 Å². The van der Waals surface area contributed by atoms with Crippen molar-refractivity contribution >= 4 is 28.8 Å². The van der Waals surface area contributed by atoms with Crippen molar-refractivity contribution in [2.45, 2.75) is 32.9 Å². The van der Waals surface area contributed by atoms with Crippen molar-refractivity contribution in [2.75, 3.05) is 6.54 Å². The molecule has 2 N–H and O–H groups in total. The van der Waals surface area contributed by atoms with Gasteiger partial charge in [0.25, 0.3) is 0 Å². The Balaban J connectivity index is 2.46. The van der Waals surface area contributed by atoms with Gasteiger partial charge in [-0.25, -0.2) is 0 Å². The van der Waals surface area contributed by atoms with E-state index in [0.717, 1.165) is 15.8 Å². The van der Waals surface area contributed by atoms with Gasteiger partial charge in [-0.3, -0.25) is 4.79 Å². The van der Waals surface area contributed by atoms with Crippen LogP contribution < -0.4 is 10.6 Å². The summed E-state index contributed by atoms with van der Waals surface area (Å²) in [6, 6.07) is 3.76. The number of hydrogen-bond donors (Lipinski definition) is 2. The number of rotatable bonds is 5. The molecule has 1 heterocycles. The lowest BCUT2D eigenvalue weighted by molar-refractivity contribution is -0.126. The summed E-state index contributed by atoms with van der Waals surface area (Å²) in [7, 11) is 0. The second-order valence-electron chi connectivity index (χ2n) is 4.04. The van der Waals surface area contributed by atoms with Gasteiger partial charge in [0.05, 0.1) is 16.4 Å². The SMILES string of the molecule is CCNC(C)(C)C(=O)NCc1ccc(Cl)s1. The average Bonchev–Trinajstić information content (AvgIpc) is 2.60. The van der Waals surface area contributed by atoms with Gasteiger partial charge in [0.2, 0.25) is 5.91 Å². The Morgan fingerprint density at radius 2 is 2.19 bits per heavy atom. The van der Waals surface area contributed by atoms with Crippen molar-refractivity contribution in [1.29, 1.82) is 0 Å². The van der Waals surface area contributed by atoms with Gasteiger partial charge in [0, 0.05) is 4.88 Å². The number of carbonyl (C=O) groups excluding carboxylic acids is 1. The number of halogens is 1. The van der Waals surface area contributed by atoms with Crippen LogP contribution in [-0.2, 0) is 11.3 Å². The zero-order valence-electron chi connectivity index (χ0n) is 9.76. The number of carbonyl (C=O) groups is 1. The van der Waals surface area contributed by atoms with Crippen LogP contribution in [-0.4, -0.2) is 18.0 Å². The molecule has 0 fully saturated rings. The molecule has 0 aliphatic carbocycles. The highest BCUT2D eigenvalue weighted by molar-refractivity contribution is 7.16. The lowest BCUT2D eigenvalue weighted by atomic mass is 10.0. The number of thiophene rings is 1. The minimum atomic E-state index is -0.532. The minimum absolute atomic E-state index is 0.00104. The molecule has 0 bridgehead atoms. The Kier molecular flexibility index (Phi) is 4.77. The molecule has 0 aliphatic heterocycles. The average molecular weight is 261 g/mol. The molecule has 1 rings (SSSR count). The Morgan fingerprint density at radius 1 is 1.50 bits per heavy atom. The molecule has 0 saturated carbocycles. The van der Waals surface area contributed by atoms with Crippen LogP contribution >= 0.6 is 22.9 Å². The number of nitrogens with one attached hydrogen (secondary N) is 2. The summed E-state index contributed by atoms with van der Waals surface area (Å²) in [6.45, 7) is 7.02. The van der Waals surface area contributed by atoms with Crippen LogP contribution in [0, 0.1) is 0 Å². The number of amides is 1. The summed E-state index contributed by atoms with van der Waals surface area (Å²) in [6.07, 6.45) is 0. The maximum absolute atomic E-state index is 11.8. The summed E-state index contributed by atoms with van der Waals surface area (Å²) >= 11 is 7.29. The predicted molar refractivity (Wildman–Crippen MR) is 68.9 cm³/mol. The van der Waals surface area contributed by atoms with Crippen LogP contribution in [0.3, 0.4) is 0 Å². The van der Waals surface area contributed by atoms with E-state index < -0.39 is 5.54 Å². The Hall–Kier alpha value is -0.580. The first kappa shape index (κ1) is 13.5. The molecule has 0 spiro atoms. The zero-order chi connectivity index (χ0) is 12.2. The Bertz CT molecular complexity index is 363. The van der Waals surface area contributed by atoms with Crippen LogP contribution in [0.2, 0.25) is 4.34 Å². The van der Waals surface area contributed by atoms with Crippen molar-refractivity contribution < 1.29 is 4.79 Å². The molecule has 1 aromatic heterocycles. The molecule has 0 atom stereocenters. The monoisotopic (exact) mass is 260 g/mol. The molecule has 1 aromatic rings. The molecule has 3 nitrogen and oxygen atoms in total. The summed E-state index contributed by atoms with van der Waals surface area (Å²) in [5.74, 6) is -0.00104. The predicted octanol–water partition coefficient (Wildman–Crippen LogP) is 2.41. The van der Waals surface area contributed by atoms with Crippen molar-refractivity contribution in [3.8, 4) is 0 Å². The molecular formula is C11H17ClN2OS. The van der Waals surface area contributed by atoms with E-state index in [2.05, 4.69) is 10.6 Å². The second kappa shape index (κ2) is 5.66. The van der Waals surface area contributed by atoms with Gasteiger partial charge in [-0.1, -0.05) is 18.5 Å². The van der Waals surface area contributed by atoms with Gasteiger partial charge >= 0.3 is 0 Å². The molecular weight excluding hydrogens is 244 g/mol. The highest BCUT2D eigenvalue weighted by atomic mass is 35.5. The van der Waals surface area contributed by atoms with Crippen LogP contribution in [0.4, 0.5) is 0 Å². The lowest BCUT2D eigenvalue weighted by Crippen LogP contribution is -2.52. The van der Waals surface area contributed by atoms with E-state index in [-0.39, 0.29) is 5.91 Å². The first-order chi connectivity index (χ1) is 7.45. The largest absolute Gasteiger partial charge is 0.350 e. The molecule has 90 valence electrons. The molecule has 1 amide bonds. The molecule has 5 heteroatoms. The Morgan fingerprint density at radius 3 is 2.69 bits per heavy atom. The van der Waals surface area contributed by atoms with Crippen LogP contribution in [0.15, 0.2) is 12.1 Å². The number of hydrogen-bond acceptors (Lipinski definition) is 3. The maximum Gasteiger partial charge on any atom is 0.240 e. The fraction of sp³-hybridized carbons (Fsp3) is 0.545. The summed E-state index contributed by atoms with van der Waals surface area (Å²) in [4.78, 5) is 12.9. The molecule has 0 aliphatic rings. The highest BCUT2D eigenvalue weighted by Crippen LogP contribution is 2.21. The van der Waals surface area contributed by atoms with Gasteiger partial charge in [0.1, 0.15) is 0 Å². The van der Waals surface area contributed by atoms with E-state index in [1.54, 1.807) is 0 Å². The van der Waals surface area contributed by atoms with Crippen molar-refractivity contribution in [2.24, 2.45) is 0 Å². The highest BCUT2D eigenvalue weighted by Gasteiger charge is 2.25. The van der Waals surface area contributed by atoms with E-state index in [1.165, 1.54) is 11.3 Å². The van der Waals surface area contributed by atoms with Gasteiger partial charge in [-0.15, -0.1) is 11.3 Å². The van der Waals surface area contributed by atoms with Gasteiger partial charge < -0.3 is 10.6 Å². The zero-order valence-corrected chi connectivity index (χ0v) is 11.3. The van der Waals surface area contributed by atoms with Gasteiger partial charge in [-0.05, 0) is 32.5 Å². The maximum atomic E-state index is 11.8. The standard InChI is InChI=1S/C11H17ClN2OS/c1-4-14-11(2,3)10(15)13-7-8-5-6-9(12)16-8/h5-6,14H,4,7H2,1-3H3,(H,13,15). The van der Waals surface area contributed by atoms with E-state index in [1.807, 2.05) is 32.9 Å². The normalized spacial score (nSPS) is 11.5. The van der Waals surface area contributed by atoms with Crippen LogP contribution in [0.25, 0.3) is 0 Å². The van der Waals surface area contributed by atoms with Gasteiger partial charge in [0.15, 0.2) is 0 Å². The lowest BCUT2D eigenvalue weighted by Gasteiger charge is -2.24. The summed E-state index contributed by atoms with van der Waals surface area (Å²) < 4.78 is 0.746. The quantitative estimate of drug-likeness (QED) is 0.854. The van der Waals surface area contributed by atoms with E-state index in [0.29, 0.717) is 6.54 Å². The summed E-state index contributed by atoms with van der Waals surface area (Å²) in [5.41, 5.74) is -0.532. The second-order valence-corrected chi connectivity index (χ2v) is 5.84. The minimum Gasteiger partial charge on any atom is -0.350 e. The fourth-order valence-electron chi connectivity index (χ4n) is 1.36. The van der Waals surface area contributed by atoms with Crippen molar-refractivity contribution in [3.05, 3.63) is 21.3 Å². The molecule has 0 saturated heterocycles. The smallest absolute Gasteiger partial charge is 0.240 e. The molecule has 0 radical (unpaired) electrons. The third kappa shape index (κ3) is 3.77. The van der Waals surface area contributed by atoms with E-state index in [4.69, 9.17) is 11.6 Å². The van der Waals surface area contributed by atoms with Gasteiger partial charge in [-0.2, -0.15) is 0 Å². The molecule has 16 heavy (non-hydrogen) atoms. The van der Waals surface area contributed by atoms with E-state index >= 15 is 0 Å². The van der Waals surface area contributed by atoms with Crippen LogP contribution in [0.5, 0.6) is 0 Å². The molecule has 0 aromatic carbocycles. The number of likely N-dealkylation sites (N-methyl/N-ethyl adjacent to an activating group) is 1. The first-order valence-corrected chi connectivity index (χ1v) is 6.42. The molecule has 0 unspecified atom stereocenters.